The van der Waals surface area contributed by atoms with E-state index in [-0.39, 0.29) is 36.7 Å². The molecular formula is C15H27NO5S. The summed E-state index contributed by atoms with van der Waals surface area (Å²) in [7, 11) is -3.11. The van der Waals surface area contributed by atoms with Crippen LogP contribution in [0.5, 0.6) is 0 Å². The van der Waals surface area contributed by atoms with Crippen molar-refractivity contribution in [2.75, 3.05) is 24.6 Å². The van der Waals surface area contributed by atoms with Crippen molar-refractivity contribution >= 4 is 21.7 Å². The van der Waals surface area contributed by atoms with E-state index in [4.69, 9.17) is 4.74 Å². The van der Waals surface area contributed by atoms with E-state index in [0.29, 0.717) is 13.0 Å². The smallest absolute Gasteiger partial charge is 0.410 e. The molecule has 0 bridgehead atoms. The summed E-state index contributed by atoms with van der Waals surface area (Å²) in [5, 5.41) is 0. The normalized spacial score (nSPS) is 20.1. The van der Waals surface area contributed by atoms with Crippen LogP contribution in [0.4, 0.5) is 4.79 Å². The lowest BCUT2D eigenvalue weighted by Crippen LogP contribution is -2.46. The number of amides is 1. The molecule has 128 valence electrons. The van der Waals surface area contributed by atoms with Gasteiger partial charge >= 0.3 is 6.09 Å². The fourth-order valence-corrected chi connectivity index (χ4v) is 3.86. The Bertz CT molecular complexity index is 507. The van der Waals surface area contributed by atoms with E-state index in [0.717, 1.165) is 0 Å². The highest BCUT2D eigenvalue weighted by Crippen LogP contribution is 2.20. The molecule has 1 rings (SSSR count). The van der Waals surface area contributed by atoms with Gasteiger partial charge in [0.1, 0.15) is 21.2 Å². The first-order valence-electron chi connectivity index (χ1n) is 7.75. The number of piperidine rings is 1. The molecular weight excluding hydrogens is 306 g/mol. The first kappa shape index (κ1) is 18.9. The molecule has 7 heteroatoms. The van der Waals surface area contributed by atoms with Crippen molar-refractivity contribution in [2.45, 2.75) is 52.6 Å². The Balaban J connectivity index is 2.60. The fraction of sp³-hybridized carbons (Fsp3) is 0.867. The third kappa shape index (κ3) is 6.34. The molecule has 1 unspecified atom stereocenters. The van der Waals surface area contributed by atoms with E-state index in [9.17, 15) is 18.0 Å². The van der Waals surface area contributed by atoms with Gasteiger partial charge in [0.05, 0.1) is 5.75 Å². The van der Waals surface area contributed by atoms with Gasteiger partial charge < -0.3 is 9.64 Å². The number of hydrogen-bond donors (Lipinski definition) is 0. The third-order valence-electron chi connectivity index (χ3n) is 3.47. The minimum Gasteiger partial charge on any atom is -0.444 e. The van der Waals surface area contributed by atoms with Gasteiger partial charge in [-0.1, -0.05) is 6.92 Å². The molecule has 0 aromatic carbocycles. The lowest BCUT2D eigenvalue weighted by atomic mass is 9.94. The lowest BCUT2D eigenvalue weighted by molar-refractivity contribution is -0.126. The summed E-state index contributed by atoms with van der Waals surface area (Å²) in [6, 6.07) is 0. The van der Waals surface area contributed by atoms with Crippen LogP contribution in [0.1, 0.15) is 47.0 Å². The van der Waals surface area contributed by atoms with Gasteiger partial charge in [-0.15, -0.1) is 0 Å². The molecule has 22 heavy (non-hydrogen) atoms. The van der Waals surface area contributed by atoms with Crippen LogP contribution in [0.3, 0.4) is 0 Å². The molecule has 1 amide bonds. The first-order chi connectivity index (χ1) is 10.0. The van der Waals surface area contributed by atoms with E-state index in [1.165, 1.54) is 4.90 Å². The van der Waals surface area contributed by atoms with Crippen molar-refractivity contribution in [1.29, 1.82) is 0 Å². The monoisotopic (exact) mass is 333 g/mol. The lowest BCUT2D eigenvalue weighted by Gasteiger charge is -2.33. The van der Waals surface area contributed by atoms with Gasteiger partial charge in [-0.3, -0.25) is 4.79 Å². The van der Waals surface area contributed by atoms with Gasteiger partial charge in [-0.2, -0.15) is 0 Å². The number of rotatable bonds is 5. The molecule has 1 heterocycles. The largest absolute Gasteiger partial charge is 0.444 e. The number of Topliss-reactive ketones (excluding diaryl/α,β-unsaturated/α-hetero) is 1. The average Bonchev–Trinajstić information content (AvgIpc) is 2.35. The highest BCUT2D eigenvalue weighted by molar-refractivity contribution is 7.91. The standard InChI is InChI=1S/C15H27NO5S/c1-5-9-22(19,20)10-7-12-11-16(8-6-13(12)17)14(18)21-15(2,3)4/h12H,5-11H2,1-4H3. The highest BCUT2D eigenvalue weighted by atomic mass is 32.2. The number of carbonyl (C=O) groups excluding carboxylic acids is 2. The Kier molecular flexibility index (Phi) is 6.40. The maximum absolute atomic E-state index is 12.0. The maximum atomic E-state index is 12.0. The molecule has 6 nitrogen and oxygen atoms in total. The van der Waals surface area contributed by atoms with Crippen LogP contribution in [0.15, 0.2) is 0 Å². The van der Waals surface area contributed by atoms with Crippen molar-refractivity contribution in [1.82, 2.24) is 4.90 Å². The van der Waals surface area contributed by atoms with Crippen molar-refractivity contribution in [2.24, 2.45) is 5.92 Å². The maximum Gasteiger partial charge on any atom is 0.410 e. The van der Waals surface area contributed by atoms with Crippen LogP contribution in [-0.4, -0.2) is 55.4 Å². The van der Waals surface area contributed by atoms with Crippen molar-refractivity contribution < 1.29 is 22.7 Å². The predicted octanol–water partition coefficient (Wildman–Crippen LogP) is 2.03. The second-order valence-electron chi connectivity index (χ2n) is 6.78. The Hall–Kier alpha value is -1.11. The second-order valence-corrected chi connectivity index (χ2v) is 9.08. The van der Waals surface area contributed by atoms with Gasteiger partial charge in [0, 0.05) is 31.2 Å². The quantitative estimate of drug-likeness (QED) is 0.769. The Labute approximate surface area is 133 Å². The summed E-state index contributed by atoms with van der Waals surface area (Å²) < 4.78 is 28.8. The van der Waals surface area contributed by atoms with Gasteiger partial charge in [0.2, 0.25) is 0 Å². The minimum atomic E-state index is -3.11. The zero-order valence-electron chi connectivity index (χ0n) is 13.9. The van der Waals surface area contributed by atoms with E-state index in [1.807, 2.05) is 6.92 Å². The number of ether oxygens (including phenoxy) is 1. The molecule has 0 aromatic rings. The van der Waals surface area contributed by atoms with Crippen molar-refractivity contribution in [3.63, 3.8) is 0 Å². The molecule has 1 aliphatic heterocycles. The van der Waals surface area contributed by atoms with E-state index in [2.05, 4.69) is 0 Å². The minimum absolute atomic E-state index is 0.000590. The van der Waals surface area contributed by atoms with Crippen LogP contribution < -0.4 is 0 Å². The van der Waals surface area contributed by atoms with E-state index < -0.39 is 27.4 Å². The Morgan fingerprint density at radius 2 is 1.95 bits per heavy atom. The van der Waals surface area contributed by atoms with Crippen LogP contribution in [-0.2, 0) is 19.4 Å². The number of carbonyl (C=O) groups is 2. The van der Waals surface area contributed by atoms with Crippen LogP contribution >= 0.6 is 0 Å². The molecule has 0 aliphatic carbocycles. The molecule has 1 saturated heterocycles. The number of likely N-dealkylation sites (tertiary alicyclic amines) is 1. The molecule has 0 radical (unpaired) electrons. The highest BCUT2D eigenvalue weighted by Gasteiger charge is 2.32. The Morgan fingerprint density at radius 3 is 2.50 bits per heavy atom. The van der Waals surface area contributed by atoms with Crippen LogP contribution in [0, 0.1) is 5.92 Å². The molecule has 0 spiro atoms. The van der Waals surface area contributed by atoms with E-state index >= 15 is 0 Å². The summed E-state index contributed by atoms with van der Waals surface area (Å²) in [6.45, 7) is 7.76. The third-order valence-corrected chi connectivity index (χ3v) is 5.36. The fourth-order valence-electron chi connectivity index (χ4n) is 2.39. The van der Waals surface area contributed by atoms with Gasteiger partial charge in [0.15, 0.2) is 0 Å². The molecule has 1 atom stereocenters. The molecule has 0 aromatic heterocycles. The summed E-state index contributed by atoms with van der Waals surface area (Å²) in [5.74, 6) is -0.234. The molecule has 0 saturated carbocycles. The van der Waals surface area contributed by atoms with Crippen molar-refractivity contribution in [3.05, 3.63) is 0 Å². The Morgan fingerprint density at radius 1 is 1.32 bits per heavy atom. The van der Waals surface area contributed by atoms with Gasteiger partial charge in [0.25, 0.3) is 0 Å². The summed E-state index contributed by atoms with van der Waals surface area (Å²) in [5.41, 5.74) is -0.585. The number of hydrogen-bond acceptors (Lipinski definition) is 5. The second kappa shape index (κ2) is 7.44. The molecule has 1 aliphatic rings. The van der Waals surface area contributed by atoms with E-state index in [1.54, 1.807) is 20.8 Å². The number of ketones is 1. The van der Waals surface area contributed by atoms with Crippen LogP contribution in [0.25, 0.3) is 0 Å². The number of nitrogens with zero attached hydrogens (tertiary/aromatic N) is 1. The topological polar surface area (TPSA) is 80.8 Å². The van der Waals surface area contributed by atoms with Crippen LogP contribution in [0.2, 0.25) is 0 Å². The zero-order chi connectivity index (χ0) is 17.0. The zero-order valence-corrected chi connectivity index (χ0v) is 14.7. The average molecular weight is 333 g/mol. The predicted molar refractivity (Wildman–Crippen MR) is 84.5 cm³/mol. The molecule has 1 fully saturated rings. The number of sulfone groups is 1. The summed E-state index contributed by atoms with van der Waals surface area (Å²) in [6.07, 6.45) is 0.671. The van der Waals surface area contributed by atoms with Gasteiger partial charge in [-0.25, -0.2) is 13.2 Å². The SMILES string of the molecule is CCCS(=O)(=O)CCC1CN(C(=O)OC(C)(C)C)CCC1=O. The summed E-state index contributed by atoms with van der Waals surface area (Å²) in [4.78, 5) is 25.5. The summed E-state index contributed by atoms with van der Waals surface area (Å²) >= 11 is 0. The van der Waals surface area contributed by atoms with Crippen molar-refractivity contribution in [3.8, 4) is 0 Å². The molecule has 0 N–H and O–H groups in total. The van der Waals surface area contributed by atoms with Gasteiger partial charge in [-0.05, 0) is 33.6 Å². The first-order valence-corrected chi connectivity index (χ1v) is 9.57.